The van der Waals surface area contributed by atoms with Gasteiger partial charge in [-0.25, -0.2) is 0 Å². The number of hydrogen-bond donors (Lipinski definition) is 1. The van der Waals surface area contributed by atoms with E-state index < -0.39 is 0 Å². The first-order valence-corrected chi connectivity index (χ1v) is 7.28. The van der Waals surface area contributed by atoms with Gasteiger partial charge in [0.25, 0.3) is 0 Å². The van der Waals surface area contributed by atoms with Crippen LogP contribution in [0.5, 0.6) is 0 Å². The molecule has 98 valence electrons. The van der Waals surface area contributed by atoms with Gasteiger partial charge in [-0.2, -0.15) is 0 Å². The Balaban J connectivity index is 1.68. The van der Waals surface area contributed by atoms with Crippen LogP contribution in [-0.2, 0) is 4.74 Å². The van der Waals surface area contributed by atoms with E-state index in [1.54, 1.807) is 0 Å². The van der Waals surface area contributed by atoms with Gasteiger partial charge >= 0.3 is 0 Å². The SMILES string of the molecule is Clc1ccccc1C1CNC2(CCCCC2)CO1. The van der Waals surface area contributed by atoms with Crippen molar-refractivity contribution >= 4 is 11.6 Å². The molecule has 2 nitrogen and oxygen atoms in total. The molecule has 3 heteroatoms. The average molecular weight is 266 g/mol. The van der Waals surface area contributed by atoms with E-state index in [9.17, 15) is 0 Å². The third-order valence-electron chi connectivity index (χ3n) is 4.29. The molecule has 0 amide bonds. The Morgan fingerprint density at radius 1 is 1.17 bits per heavy atom. The van der Waals surface area contributed by atoms with Crippen LogP contribution in [0.15, 0.2) is 24.3 Å². The maximum atomic E-state index is 6.23. The van der Waals surface area contributed by atoms with Gasteiger partial charge in [-0.05, 0) is 18.9 Å². The predicted octanol–water partition coefficient (Wildman–Crippen LogP) is 3.70. The first kappa shape index (κ1) is 12.5. The zero-order chi connectivity index (χ0) is 12.4. The second-order valence-corrected chi connectivity index (χ2v) is 5.95. The normalized spacial score (nSPS) is 27.3. The van der Waals surface area contributed by atoms with Gasteiger partial charge in [0, 0.05) is 22.7 Å². The Morgan fingerprint density at radius 2 is 1.94 bits per heavy atom. The average Bonchev–Trinajstić information content (AvgIpc) is 2.42. The summed E-state index contributed by atoms with van der Waals surface area (Å²) in [7, 11) is 0. The molecular weight excluding hydrogens is 246 g/mol. The third-order valence-corrected chi connectivity index (χ3v) is 4.63. The molecule has 1 spiro atoms. The number of morpholine rings is 1. The number of halogens is 1. The summed E-state index contributed by atoms with van der Waals surface area (Å²) in [5.74, 6) is 0. The molecule has 1 atom stereocenters. The van der Waals surface area contributed by atoms with Gasteiger partial charge in [0.05, 0.1) is 12.7 Å². The summed E-state index contributed by atoms with van der Waals surface area (Å²) in [4.78, 5) is 0. The van der Waals surface area contributed by atoms with E-state index in [1.807, 2.05) is 18.2 Å². The molecule has 18 heavy (non-hydrogen) atoms. The predicted molar refractivity (Wildman–Crippen MR) is 74.0 cm³/mol. The summed E-state index contributed by atoms with van der Waals surface area (Å²) in [6, 6.07) is 7.99. The lowest BCUT2D eigenvalue weighted by molar-refractivity contribution is -0.0466. The van der Waals surface area contributed by atoms with Crippen molar-refractivity contribution in [1.82, 2.24) is 5.32 Å². The van der Waals surface area contributed by atoms with Crippen molar-refractivity contribution in [2.24, 2.45) is 0 Å². The smallest absolute Gasteiger partial charge is 0.0964 e. The summed E-state index contributed by atoms with van der Waals surface area (Å²) in [5, 5.41) is 4.54. The molecule has 0 bridgehead atoms. The molecule has 2 fully saturated rings. The standard InChI is InChI=1S/C15H20ClNO/c16-13-7-3-2-6-12(13)14-10-17-15(11-18-14)8-4-1-5-9-15/h2-3,6-7,14,17H,1,4-5,8-11H2. The molecule has 1 N–H and O–H groups in total. The fraction of sp³-hybridized carbons (Fsp3) is 0.600. The lowest BCUT2D eigenvalue weighted by atomic mass is 9.81. The van der Waals surface area contributed by atoms with Gasteiger partial charge in [-0.1, -0.05) is 49.1 Å². The van der Waals surface area contributed by atoms with Gasteiger partial charge in [0.2, 0.25) is 0 Å². The van der Waals surface area contributed by atoms with Crippen molar-refractivity contribution in [3.8, 4) is 0 Å². The minimum atomic E-state index is 0.103. The molecule has 1 aliphatic heterocycles. The van der Waals surface area contributed by atoms with Crippen LogP contribution in [0, 0.1) is 0 Å². The van der Waals surface area contributed by atoms with Crippen molar-refractivity contribution in [1.29, 1.82) is 0 Å². The summed E-state index contributed by atoms with van der Waals surface area (Å²) >= 11 is 6.23. The summed E-state index contributed by atoms with van der Waals surface area (Å²) < 4.78 is 6.09. The lowest BCUT2D eigenvalue weighted by Gasteiger charge is -2.44. The van der Waals surface area contributed by atoms with E-state index in [0.717, 1.165) is 23.7 Å². The Morgan fingerprint density at radius 3 is 2.61 bits per heavy atom. The van der Waals surface area contributed by atoms with Crippen LogP contribution < -0.4 is 5.32 Å². The molecule has 1 heterocycles. The molecule has 0 aromatic heterocycles. The van der Waals surface area contributed by atoms with Gasteiger partial charge in [-0.15, -0.1) is 0 Å². The van der Waals surface area contributed by atoms with Crippen molar-refractivity contribution in [3.05, 3.63) is 34.9 Å². The van der Waals surface area contributed by atoms with Crippen molar-refractivity contribution in [3.63, 3.8) is 0 Å². The van der Waals surface area contributed by atoms with Crippen molar-refractivity contribution < 1.29 is 4.74 Å². The first-order chi connectivity index (χ1) is 8.79. The molecule has 0 radical (unpaired) electrons. The minimum absolute atomic E-state index is 0.103. The van der Waals surface area contributed by atoms with E-state index >= 15 is 0 Å². The summed E-state index contributed by atoms with van der Waals surface area (Å²) in [6.45, 7) is 1.70. The quantitative estimate of drug-likeness (QED) is 0.836. The second-order valence-electron chi connectivity index (χ2n) is 5.54. The van der Waals surface area contributed by atoms with E-state index in [-0.39, 0.29) is 11.6 Å². The van der Waals surface area contributed by atoms with Crippen LogP contribution in [0.25, 0.3) is 0 Å². The maximum Gasteiger partial charge on any atom is 0.0964 e. The van der Waals surface area contributed by atoms with Crippen molar-refractivity contribution in [2.75, 3.05) is 13.2 Å². The zero-order valence-electron chi connectivity index (χ0n) is 10.6. The van der Waals surface area contributed by atoms with E-state index in [0.29, 0.717) is 0 Å². The summed E-state index contributed by atoms with van der Waals surface area (Å²) in [6.07, 6.45) is 6.63. The van der Waals surface area contributed by atoms with Gasteiger partial charge in [-0.3, -0.25) is 0 Å². The van der Waals surface area contributed by atoms with Gasteiger partial charge in [0.1, 0.15) is 0 Å². The monoisotopic (exact) mass is 265 g/mol. The Bertz CT molecular complexity index is 405. The van der Waals surface area contributed by atoms with E-state index in [4.69, 9.17) is 16.3 Å². The number of benzene rings is 1. The van der Waals surface area contributed by atoms with Crippen LogP contribution in [0.2, 0.25) is 5.02 Å². The molecule has 1 unspecified atom stereocenters. The topological polar surface area (TPSA) is 21.3 Å². The molecule has 3 rings (SSSR count). The highest BCUT2D eigenvalue weighted by Gasteiger charge is 2.37. The van der Waals surface area contributed by atoms with Crippen LogP contribution in [-0.4, -0.2) is 18.7 Å². The Hall–Kier alpha value is -0.570. The fourth-order valence-corrected chi connectivity index (χ4v) is 3.42. The highest BCUT2D eigenvalue weighted by molar-refractivity contribution is 6.31. The van der Waals surface area contributed by atoms with Crippen LogP contribution >= 0.6 is 11.6 Å². The number of hydrogen-bond acceptors (Lipinski definition) is 2. The summed E-state index contributed by atoms with van der Waals surface area (Å²) in [5.41, 5.74) is 1.35. The number of ether oxygens (including phenoxy) is 1. The van der Waals surface area contributed by atoms with E-state index in [1.165, 1.54) is 32.1 Å². The maximum absolute atomic E-state index is 6.23. The fourth-order valence-electron chi connectivity index (χ4n) is 3.16. The highest BCUT2D eigenvalue weighted by atomic mass is 35.5. The molecular formula is C15H20ClNO. The largest absolute Gasteiger partial charge is 0.370 e. The van der Waals surface area contributed by atoms with Crippen LogP contribution in [0.4, 0.5) is 0 Å². The van der Waals surface area contributed by atoms with Crippen LogP contribution in [0.1, 0.15) is 43.8 Å². The van der Waals surface area contributed by atoms with E-state index in [2.05, 4.69) is 11.4 Å². The third kappa shape index (κ3) is 2.42. The number of nitrogens with one attached hydrogen (secondary N) is 1. The molecule has 1 aromatic rings. The molecule has 1 saturated carbocycles. The first-order valence-electron chi connectivity index (χ1n) is 6.90. The molecule has 1 aromatic carbocycles. The minimum Gasteiger partial charge on any atom is -0.370 e. The Kier molecular flexibility index (Phi) is 3.60. The molecule has 1 saturated heterocycles. The Labute approximate surface area is 114 Å². The lowest BCUT2D eigenvalue weighted by Crippen LogP contribution is -2.55. The highest BCUT2D eigenvalue weighted by Crippen LogP contribution is 2.35. The van der Waals surface area contributed by atoms with Gasteiger partial charge < -0.3 is 10.1 Å². The number of rotatable bonds is 1. The molecule has 2 aliphatic rings. The van der Waals surface area contributed by atoms with Crippen molar-refractivity contribution in [2.45, 2.75) is 43.7 Å². The second kappa shape index (κ2) is 5.20. The molecule has 1 aliphatic carbocycles. The van der Waals surface area contributed by atoms with Crippen LogP contribution in [0.3, 0.4) is 0 Å². The zero-order valence-corrected chi connectivity index (χ0v) is 11.4. The van der Waals surface area contributed by atoms with Gasteiger partial charge in [0.15, 0.2) is 0 Å².